The zero-order valence-corrected chi connectivity index (χ0v) is 10.0. The van der Waals surface area contributed by atoms with Crippen LogP contribution in [0, 0.1) is 0 Å². The average Bonchev–Trinajstić information content (AvgIpc) is 2.28. The summed E-state index contributed by atoms with van der Waals surface area (Å²) in [5.41, 5.74) is 0.876. The molecule has 0 aliphatic heterocycles. The summed E-state index contributed by atoms with van der Waals surface area (Å²) in [5.74, 6) is 0. The fourth-order valence-electron chi connectivity index (χ4n) is 1.24. The molecule has 0 amide bonds. The van der Waals surface area contributed by atoms with Gasteiger partial charge in [-0.2, -0.15) is 0 Å². The molecule has 0 fully saturated rings. The molecule has 2 heteroatoms. The van der Waals surface area contributed by atoms with Gasteiger partial charge in [0.25, 0.3) is 0 Å². The molecule has 0 N–H and O–H groups in total. The van der Waals surface area contributed by atoms with Gasteiger partial charge in [0.1, 0.15) is 0 Å². The van der Waals surface area contributed by atoms with Crippen LogP contribution in [-0.4, -0.2) is 25.0 Å². The summed E-state index contributed by atoms with van der Waals surface area (Å²) >= 11 is 0. The van der Waals surface area contributed by atoms with Crippen molar-refractivity contribution in [2.24, 2.45) is 4.99 Å². The largest absolute Gasteiger partial charge is 0.370 e. The van der Waals surface area contributed by atoms with Crippen LogP contribution in [0.1, 0.15) is 19.4 Å². The highest BCUT2D eigenvalue weighted by Crippen LogP contribution is 2.09. The van der Waals surface area contributed by atoms with E-state index in [1.807, 2.05) is 50.4 Å². The van der Waals surface area contributed by atoms with Crippen molar-refractivity contribution in [1.29, 1.82) is 0 Å². The van der Waals surface area contributed by atoms with Crippen molar-refractivity contribution in [3.05, 3.63) is 48.6 Å². The van der Waals surface area contributed by atoms with E-state index in [-0.39, 0.29) is 5.60 Å². The first-order valence-corrected chi connectivity index (χ1v) is 5.44. The third kappa shape index (κ3) is 4.89. The smallest absolute Gasteiger partial charge is 0.0825 e. The van der Waals surface area contributed by atoms with Gasteiger partial charge in [-0.15, -0.1) is 6.58 Å². The number of hydrogen-bond acceptors (Lipinski definition) is 2. The maximum Gasteiger partial charge on any atom is 0.0825 e. The molecular formula is C14H19NO. The van der Waals surface area contributed by atoms with E-state index in [4.69, 9.17) is 4.74 Å². The quantitative estimate of drug-likeness (QED) is 0.530. The van der Waals surface area contributed by atoms with Crippen molar-refractivity contribution >= 4 is 6.21 Å². The molecule has 0 aliphatic rings. The first kappa shape index (κ1) is 12.7. The number of benzene rings is 1. The molecule has 0 atom stereocenters. The first-order valence-electron chi connectivity index (χ1n) is 5.44. The Morgan fingerprint density at radius 1 is 1.31 bits per heavy atom. The molecule has 86 valence electrons. The van der Waals surface area contributed by atoms with Gasteiger partial charge in [-0.1, -0.05) is 36.4 Å². The Kier molecular flexibility index (Phi) is 4.93. The predicted octanol–water partition coefficient (Wildman–Crippen LogP) is 3.09. The van der Waals surface area contributed by atoms with Crippen LogP contribution in [0.3, 0.4) is 0 Å². The van der Waals surface area contributed by atoms with Crippen molar-refractivity contribution in [2.45, 2.75) is 19.4 Å². The van der Waals surface area contributed by atoms with E-state index >= 15 is 0 Å². The maximum absolute atomic E-state index is 5.58. The van der Waals surface area contributed by atoms with Crippen molar-refractivity contribution < 1.29 is 4.74 Å². The molecule has 0 saturated heterocycles. The van der Waals surface area contributed by atoms with E-state index in [1.54, 1.807) is 6.08 Å². The highest BCUT2D eigenvalue weighted by atomic mass is 16.5. The molecule has 2 nitrogen and oxygen atoms in total. The lowest BCUT2D eigenvalue weighted by molar-refractivity contribution is 0.00744. The SMILES string of the molecule is C=CCOC(C)(C)CN=Cc1ccccc1. The molecule has 0 bridgehead atoms. The van der Waals surface area contributed by atoms with Gasteiger partial charge >= 0.3 is 0 Å². The molecule has 1 rings (SSSR count). The second kappa shape index (κ2) is 6.23. The summed E-state index contributed by atoms with van der Waals surface area (Å²) < 4.78 is 5.58. The summed E-state index contributed by atoms with van der Waals surface area (Å²) in [6, 6.07) is 10.1. The van der Waals surface area contributed by atoms with E-state index in [0.29, 0.717) is 13.2 Å². The summed E-state index contributed by atoms with van der Waals surface area (Å²) in [6.07, 6.45) is 3.63. The molecule has 0 spiro atoms. The molecule has 0 heterocycles. The van der Waals surface area contributed by atoms with Gasteiger partial charge in [0.05, 0.1) is 18.8 Å². The van der Waals surface area contributed by atoms with Gasteiger partial charge in [0.15, 0.2) is 0 Å². The highest BCUT2D eigenvalue weighted by Gasteiger charge is 2.16. The Balaban J connectivity index is 2.44. The van der Waals surface area contributed by atoms with Crippen molar-refractivity contribution in [3.63, 3.8) is 0 Å². The van der Waals surface area contributed by atoms with Crippen LogP contribution < -0.4 is 0 Å². The fourth-order valence-corrected chi connectivity index (χ4v) is 1.24. The molecule has 0 radical (unpaired) electrons. The lowest BCUT2D eigenvalue weighted by atomic mass is 10.1. The van der Waals surface area contributed by atoms with Crippen LogP contribution in [0.2, 0.25) is 0 Å². The maximum atomic E-state index is 5.58. The van der Waals surface area contributed by atoms with E-state index in [2.05, 4.69) is 11.6 Å². The number of nitrogens with zero attached hydrogens (tertiary/aromatic N) is 1. The third-order valence-electron chi connectivity index (χ3n) is 2.10. The summed E-state index contributed by atoms with van der Waals surface area (Å²) in [7, 11) is 0. The second-order valence-corrected chi connectivity index (χ2v) is 4.24. The van der Waals surface area contributed by atoms with Gasteiger partial charge in [0.2, 0.25) is 0 Å². The predicted molar refractivity (Wildman–Crippen MR) is 69.1 cm³/mol. The molecule has 0 aromatic heterocycles. The minimum absolute atomic E-state index is 0.237. The Labute approximate surface area is 97.7 Å². The second-order valence-electron chi connectivity index (χ2n) is 4.24. The topological polar surface area (TPSA) is 21.6 Å². The van der Waals surface area contributed by atoms with Crippen molar-refractivity contribution in [3.8, 4) is 0 Å². The minimum Gasteiger partial charge on any atom is -0.370 e. The van der Waals surface area contributed by atoms with E-state index < -0.39 is 0 Å². The van der Waals surface area contributed by atoms with E-state index in [1.165, 1.54) is 0 Å². The van der Waals surface area contributed by atoms with Gasteiger partial charge in [0, 0.05) is 6.21 Å². The van der Waals surface area contributed by atoms with E-state index in [0.717, 1.165) is 5.56 Å². The Morgan fingerprint density at radius 3 is 2.62 bits per heavy atom. The van der Waals surface area contributed by atoms with Crippen LogP contribution in [-0.2, 0) is 4.74 Å². The molecular weight excluding hydrogens is 198 g/mol. The number of rotatable bonds is 6. The van der Waals surface area contributed by atoms with Crippen LogP contribution in [0.5, 0.6) is 0 Å². The number of aliphatic imine (C=N–C) groups is 1. The zero-order valence-electron chi connectivity index (χ0n) is 10.0. The normalized spacial score (nSPS) is 11.9. The van der Waals surface area contributed by atoms with Crippen LogP contribution >= 0.6 is 0 Å². The molecule has 1 aromatic carbocycles. The molecule has 1 aromatic rings. The Bertz CT molecular complexity index is 341. The zero-order chi connectivity index (χ0) is 11.9. The third-order valence-corrected chi connectivity index (χ3v) is 2.10. The molecule has 16 heavy (non-hydrogen) atoms. The van der Waals surface area contributed by atoms with Crippen molar-refractivity contribution in [2.75, 3.05) is 13.2 Å². The number of hydrogen-bond donors (Lipinski definition) is 0. The lowest BCUT2D eigenvalue weighted by Crippen LogP contribution is -2.28. The first-order chi connectivity index (χ1) is 7.64. The average molecular weight is 217 g/mol. The molecule has 0 saturated carbocycles. The summed E-state index contributed by atoms with van der Waals surface area (Å²) in [6.45, 7) is 8.89. The van der Waals surface area contributed by atoms with Crippen LogP contribution in [0.25, 0.3) is 0 Å². The van der Waals surface area contributed by atoms with Gasteiger partial charge < -0.3 is 4.74 Å². The van der Waals surface area contributed by atoms with E-state index in [9.17, 15) is 0 Å². The summed E-state index contributed by atoms with van der Waals surface area (Å²) in [5, 5.41) is 0. The standard InChI is InChI=1S/C14H19NO/c1-4-10-16-14(2,3)12-15-11-13-8-6-5-7-9-13/h4-9,11H,1,10,12H2,2-3H3. The van der Waals surface area contributed by atoms with Crippen molar-refractivity contribution in [1.82, 2.24) is 0 Å². The van der Waals surface area contributed by atoms with Gasteiger partial charge in [-0.3, -0.25) is 4.99 Å². The van der Waals surface area contributed by atoms with Gasteiger partial charge in [-0.05, 0) is 19.4 Å². The summed E-state index contributed by atoms with van der Waals surface area (Å²) in [4.78, 5) is 4.38. The lowest BCUT2D eigenvalue weighted by Gasteiger charge is -2.22. The highest BCUT2D eigenvalue weighted by molar-refractivity contribution is 5.79. The van der Waals surface area contributed by atoms with Crippen LogP contribution in [0.15, 0.2) is 48.0 Å². The number of ether oxygens (including phenoxy) is 1. The molecule has 0 unspecified atom stereocenters. The molecule has 0 aliphatic carbocycles. The Morgan fingerprint density at radius 2 is 2.00 bits per heavy atom. The fraction of sp³-hybridized carbons (Fsp3) is 0.357. The Hall–Kier alpha value is -1.41. The van der Waals surface area contributed by atoms with Crippen LogP contribution in [0.4, 0.5) is 0 Å². The minimum atomic E-state index is -0.237. The monoisotopic (exact) mass is 217 g/mol. The van der Waals surface area contributed by atoms with Gasteiger partial charge in [-0.25, -0.2) is 0 Å².